The van der Waals surface area contributed by atoms with Crippen LogP contribution in [0.2, 0.25) is 0 Å². The fourth-order valence-corrected chi connectivity index (χ4v) is 4.45. The number of anilines is 2. The van der Waals surface area contributed by atoms with E-state index in [4.69, 9.17) is 10.2 Å². The van der Waals surface area contributed by atoms with Gasteiger partial charge in [-0.2, -0.15) is 10.2 Å². The Morgan fingerprint density at radius 3 is 2.55 bits per heavy atom. The van der Waals surface area contributed by atoms with Crippen molar-refractivity contribution in [1.29, 1.82) is 5.26 Å². The van der Waals surface area contributed by atoms with E-state index in [1.54, 1.807) is 6.20 Å². The molecule has 8 heteroatoms. The van der Waals surface area contributed by atoms with E-state index in [0.717, 1.165) is 48.5 Å². The largest absolute Gasteiger partial charge is 0.493 e. The fourth-order valence-electron chi connectivity index (χ4n) is 4.45. The lowest BCUT2D eigenvalue weighted by molar-refractivity contribution is 0.444. The number of aromatic hydroxyl groups is 1. The Morgan fingerprint density at radius 1 is 1.06 bits per heavy atom. The molecule has 0 saturated carbocycles. The molecule has 2 aromatic heterocycles. The number of imidazole rings is 1. The molecule has 0 bridgehead atoms. The number of fused-ring (bicyclic) bond motifs is 1. The van der Waals surface area contributed by atoms with Crippen LogP contribution in [0.3, 0.4) is 0 Å². The number of benzene rings is 2. The van der Waals surface area contributed by atoms with E-state index in [-0.39, 0.29) is 5.88 Å². The molecule has 33 heavy (non-hydrogen) atoms. The van der Waals surface area contributed by atoms with Crippen molar-refractivity contribution in [2.45, 2.75) is 25.4 Å². The van der Waals surface area contributed by atoms with E-state index >= 15 is 0 Å². The molecule has 5 rings (SSSR count). The Morgan fingerprint density at radius 2 is 1.82 bits per heavy atom. The van der Waals surface area contributed by atoms with Crippen LogP contribution < -0.4 is 9.80 Å². The molecule has 1 aliphatic rings. The van der Waals surface area contributed by atoms with Gasteiger partial charge in [0, 0.05) is 38.4 Å². The average Bonchev–Trinajstić information content (AvgIpc) is 3.22. The monoisotopic (exact) mass is 439 g/mol. The molecule has 0 spiro atoms. The van der Waals surface area contributed by atoms with Crippen LogP contribution in [0.15, 0.2) is 60.8 Å². The highest BCUT2D eigenvalue weighted by molar-refractivity contribution is 5.79. The van der Waals surface area contributed by atoms with Crippen molar-refractivity contribution in [3.05, 3.63) is 71.9 Å². The molecule has 0 unspecified atom stereocenters. The van der Waals surface area contributed by atoms with E-state index in [1.807, 2.05) is 49.5 Å². The van der Waals surface area contributed by atoms with Crippen molar-refractivity contribution in [3.8, 4) is 11.9 Å². The summed E-state index contributed by atoms with van der Waals surface area (Å²) in [5.74, 6) is 1.50. The number of aromatic nitrogens is 4. The molecule has 4 aromatic rings. The summed E-state index contributed by atoms with van der Waals surface area (Å²) < 4.78 is 2.26. The minimum atomic E-state index is -0.0131. The zero-order valence-corrected chi connectivity index (χ0v) is 18.5. The molecule has 3 heterocycles. The number of piperidine rings is 1. The maximum absolute atomic E-state index is 9.69. The van der Waals surface area contributed by atoms with E-state index in [9.17, 15) is 5.11 Å². The Kier molecular flexibility index (Phi) is 5.53. The molecule has 1 saturated heterocycles. The van der Waals surface area contributed by atoms with E-state index < -0.39 is 0 Å². The second-order valence-electron chi connectivity index (χ2n) is 8.34. The van der Waals surface area contributed by atoms with Crippen LogP contribution in [-0.2, 0) is 6.54 Å². The lowest BCUT2D eigenvalue weighted by atomic mass is 10.0. The lowest BCUT2D eigenvalue weighted by Gasteiger charge is -2.37. The quantitative estimate of drug-likeness (QED) is 0.508. The van der Waals surface area contributed by atoms with Crippen molar-refractivity contribution in [3.63, 3.8) is 0 Å². The highest BCUT2D eigenvalue weighted by Crippen LogP contribution is 2.28. The van der Waals surface area contributed by atoms with Crippen LogP contribution in [0.4, 0.5) is 11.9 Å². The fraction of sp³-hybridized carbons (Fsp3) is 0.280. The summed E-state index contributed by atoms with van der Waals surface area (Å²) in [7, 11) is 1.98. The van der Waals surface area contributed by atoms with E-state index in [2.05, 4.69) is 36.5 Å². The predicted octanol–water partition coefficient (Wildman–Crippen LogP) is 3.56. The molecule has 8 nitrogen and oxygen atoms in total. The molecule has 166 valence electrons. The van der Waals surface area contributed by atoms with E-state index in [0.29, 0.717) is 24.1 Å². The smallest absolute Gasteiger partial charge is 0.228 e. The number of nitrogens with zero attached hydrogens (tertiary/aromatic N) is 7. The summed E-state index contributed by atoms with van der Waals surface area (Å²) in [5, 5.41) is 18.8. The van der Waals surface area contributed by atoms with Gasteiger partial charge in [0.25, 0.3) is 0 Å². The Labute approximate surface area is 192 Å². The van der Waals surface area contributed by atoms with Crippen molar-refractivity contribution in [2.24, 2.45) is 0 Å². The molecule has 0 amide bonds. The summed E-state index contributed by atoms with van der Waals surface area (Å²) in [6, 6.07) is 19.9. The van der Waals surface area contributed by atoms with Crippen LogP contribution >= 0.6 is 0 Å². The first-order chi connectivity index (χ1) is 16.1. The van der Waals surface area contributed by atoms with Crippen LogP contribution in [-0.4, -0.2) is 50.8 Å². The summed E-state index contributed by atoms with van der Waals surface area (Å²) in [5.41, 5.74) is 3.88. The second-order valence-corrected chi connectivity index (χ2v) is 8.34. The Hall–Kier alpha value is -4.12. The van der Waals surface area contributed by atoms with Gasteiger partial charge >= 0.3 is 0 Å². The molecule has 1 aliphatic heterocycles. The standard InChI is InChI=1S/C25H25N7O/c1-30(24-27-13-10-23(33)29-24)20-11-14-31(15-12-20)25-28-21-4-2-3-5-22(21)32(25)17-19-8-6-18(16-26)7-9-19/h2-10,13,20H,11-12,14-15,17H2,1H3,(H,27,29,33). The molecule has 1 N–H and O–H groups in total. The first-order valence-corrected chi connectivity index (χ1v) is 11.1. The summed E-state index contributed by atoms with van der Waals surface area (Å²) in [6.07, 6.45) is 3.46. The maximum Gasteiger partial charge on any atom is 0.228 e. The van der Waals surface area contributed by atoms with Gasteiger partial charge in [-0.3, -0.25) is 0 Å². The third-order valence-corrected chi connectivity index (χ3v) is 6.30. The van der Waals surface area contributed by atoms with Gasteiger partial charge in [0.2, 0.25) is 17.8 Å². The minimum Gasteiger partial charge on any atom is -0.493 e. The molecule has 2 aromatic carbocycles. The van der Waals surface area contributed by atoms with Crippen LogP contribution in [0.25, 0.3) is 11.0 Å². The number of hydrogen-bond donors (Lipinski definition) is 1. The van der Waals surface area contributed by atoms with Gasteiger partial charge in [-0.1, -0.05) is 24.3 Å². The van der Waals surface area contributed by atoms with Gasteiger partial charge in [-0.15, -0.1) is 0 Å². The molecule has 0 atom stereocenters. The third kappa shape index (κ3) is 4.17. The molecular formula is C25H25N7O. The van der Waals surface area contributed by atoms with Gasteiger partial charge in [0.15, 0.2) is 0 Å². The zero-order chi connectivity index (χ0) is 22.8. The Bertz CT molecular complexity index is 1300. The van der Waals surface area contributed by atoms with Crippen molar-refractivity contribution in [2.75, 3.05) is 29.9 Å². The second kappa shape index (κ2) is 8.79. The molecular weight excluding hydrogens is 414 g/mol. The van der Waals surface area contributed by atoms with Crippen LogP contribution in [0.1, 0.15) is 24.0 Å². The number of rotatable bonds is 5. The van der Waals surface area contributed by atoms with Gasteiger partial charge < -0.3 is 19.5 Å². The molecule has 1 fully saturated rings. The van der Waals surface area contributed by atoms with Crippen molar-refractivity contribution < 1.29 is 5.11 Å². The first-order valence-electron chi connectivity index (χ1n) is 11.1. The topological polar surface area (TPSA) is 94.1 Å². The average molecular weight is 440 g/mol. The van der Waals surface area contributed by atoms with Crippen molar-refractivity contribution in [1.82, 2.24) is 19.5 Å². The predicted molar refractivity (Wildman–Crippen MR) is 127 cm³/mol. The molecule has 0 radical (unpaired) electrons. The summed E-state index contributed by atoms with van der Waals surface area (Å²) >= 11 is 0. The van der Waals surface area contributed by atoms with Crippen LogP contribution in [0.5, 0.6) is 5.88 Å². The normalized spacial score (nSPS) is 14.4. The van der Waals surface area contributed by atoms with Gasteiger partial charge in [-0.05, 0) is 42.7 Å². The zero-order valence-electron chi connectivity index (χ0n) is 18.5. The third-order valence-electron chi connectivity index (χ3n) is 6.30. The number of hydrogen-bond acceptors (Lipinski definition) is 7. The number of nitriles is 1. The highest BCUT2D eigenvalue weighted by Gasteiger charge is 2.27. The maximum atomic E-state index is 9.69. The van der Waals surface area contributed by atoms with E-state index in [1.165, 1.54) is 6.07 Å². The summed E-state index contributed by atoms with van der Waals surface area (Å²) in [6.45, 7) is 2.42. The minimum absolute atomic E-state index is 0.0131. The van der Waals surface area contributed by atoms with Crippen LogP contribution in [0, 0.1) is 11.3 Å². The van der Waals surface area contributed by atoms with Crippen molar-refractivity contribution >= 4 is 22.9 Å². The Balaban J connectivity index is 1.37. The SMILES string of the molecule is CN(c1nccc(O)n1)C1CCN(c2nc3ccccc3n2Cc2ccc(C#N)cc2)CC1. The lowest BCUT2D eigenvalue weighted by Crippen LogP contribution is -2.44. The van der Waals surface area contributed by atoms with Gasteiger partial charge in [0.1, 0.15) is 0 Å². The van der Waals surface area contributed by atoms with Gasteiger partial charge in [0.05, 0.1) is 29.2 Å². The first kappa shape index (κ1) is 20.8. The molecule has 0 aliphatic carbocycles. The summed E-state index contributed by atoms with van der Waals surface area (Å²) in [4.78, 5) is 17.8. The number of para-hydroxylation sites is 2. The highest BCUT2D eigenvalue weighted by atomic mass is 16.3. The van der Waals surface area contributed by atoms with Gasteiger partial charge in [-0.25, -0.2) is 9.97 Å².